The zero-order valence-corrected chi connectivity index (χ0v) is 11.7. The summed E-state index contributed by atoms with van der Waals surface area (Å²) in [4.78, 5) is 19.6. The summed E-state index contributed by atoms with van der Waals surface area (Å²) in [5.41, 5.74) is 1.55. The molecule has 1 aromatic carbocycles. The number of benzene rings is 1. The summed E-state index contributed by atoms with van der Waals surface area (Å²) in [5.74, 6) is 0.434. The number of para-hydroxylation sites is 1. The van der Waals surface area contributed by atoms with Gasteiger partial charge in [0.15, 0.2) is 0 Å². The topological polar surface area (TPSA) is 63.6 Å². The predicted molar refractivity (Wildman–Crippen MR) is 78.2 cm³/mol. The number of hydrogen-bond donors (Lipinski definition) is 1. The van der Waals surface area contributed by atoms with E-state index in [1.807, 2.05) is 12.1 Å². The van der Waals surface area contributed by atoms with Crippen molar-refractivity contribution in [3.8, 4) is 5.95 Å². The molecule has 3 rings (SSSR count). The SMILES string of the molecule is CC(C)(C)c1cccc2c(=O)[nH]c(-n3cccn3)nc12. The summed E-state index contributed by atoms with van der Waals surface area (Å²) >= 11 is 0. The van der Waals surface area contributed by atoms with Crippen LogP contribution < -0.4 is 5.56 Å². The van der Waals surface area contributed by atoms with Gasteiger partial charge in [-0.15, -0.1) is 0 Å². The largest absolute Gasteiger partial charge is 0.290 e. The van der Waals surface area contributed by atoms with Crippen LogP contribution in [0, 0.1) is 0 Å². The molecular weight excluding hydrogens is 252 g/mol. The van der Waals surface area contributed by atoms with E-state index in [2.05, 4.69) is 35.8 Å². The molecule has 5 heteroatoms. The maximum atomic E-state index is 12.2. The van der Waals surface area contributed by atoms with Crippen molar-refractivity contribution in [2.24, 2.45) is 0 Å². The highest BCUT2D eigenvalue weighted by atomic mass is 16.1. The Balaban J connectivity index is 2.37. The molecule has 0 atom stereocenters. The second kappa shape index (κ2) is 4.30. The minimum atomic E-state index is -0.147. The molecule has 102 valence electrons. The van der Waals surface area contributed by atoms with Crippen LogP contribution in [0.4, 0.5) is 0 Å². The first-order chi connectivity index (χ1) is 9.47. The Kier molecular flexibility index (Phi) is 2.71. The van der Waals surface area contributed by atoms with Gasteiger partial charge in [0.05, 0.1) is 10.9 Å². The fraction of sp³-hybridized carbons (Fsp3) is 0.267. The number of rotatable bonds is 1. The molecule has 0 bridgehead atoms. The molecule has 0 aliphatic heterocycles. The van der Waals surface area contributed by atoms with E-state index in [0.717, 1.165) is 11.1 Å². The Morgan fingerprint density at radius 1 is 1.20 bits per heavy atom. The zero-order chi connectivity index (χ0) is 14.3. The van der Waals surface area contributed by atoms with E-state index in [1.54, 1.807) is 29.2 Å². The smallest absolute Gasteiger partial charge is 0.260 e. The zero-order valence-electron chi connectivity index (χ0n) is 11.7. The molecule has 20 heavy (non-hydrogen) atoms. The monoisotopic (exact) mass is 268 g/mol. The first kappa shape index (κ1) is 12.6. The quantitative estimate of drug-likeness (QED) is 0.737. The van der Waals surface area contributed by atoms with Crippen molar-refractivity contribution in [1.82, 2.24) is 19.7 Å². The van der Waals surface area contributed by atoms with Gasteiger partial charge in [0.25, 0.3) is 5.56 Å². The van der Waals surface area contributed by atoms with Crippen molar-refractivity contribution in [1.29, 1.82) is 0 Å². The average Bonchev–Trinajstić information content (AvgIpc) is 2.90. The lowest BCUT2D eigenvalue weighted by Crippen LogP contribution is -2.18. The number of aromatic amines is 1. The summed E-state index contributed by atoms with van der Waals surface area (Å²) < 4.78 is 1.56. The highest BCUT2D eigenvalue weighted by Crippen LogP contribution is 2.27. The van der Waals surface area contributed by atoms with Crippen molar-refractivity contribution in [2.45, 2.75) is 26.2 Å². The van der Waals surface area contributed by atoms with Gasteiger partial charge in [-0.1, -0.05) is 32.9 Å². The van der Waals surface area contributed by atoms with Gasteiger partial charge in [0, 0.05) is 12.4 Å². The Morgan fingerprint density at radius 3 is 2.65 bits per heavy atom. The highest BCUT2D eigenvalue weighted by Gasteiger charge is 2.19. The van der Waals surface area contributed by atoms with Gasteiger partial charge in [-0.2, -0.15) is 5.10 Å². The lowest BCUT2D eigenvalue weighted by atomic mass is 9.85. The Hall–Kier alpha value is -2.43. The van der Waals surface area contributed by atoms with Gasteiger partial charge in [-0.3, -0.25) is 9.78 Å². The highest BCUT2D eigenvalue weighted by molar-refractivity contribution is 5.82. The molecule has 0 saturated heterocycles. The summed E-state index contributed by atoms with van der Waals surface area (Å²) in [6.07, 6.45) is 3.41. The van der Waals surface area contributed by atoms with Gasteiger partial charge in [0.1, 0.15) is 0 Å². The second-order valence-corrected chi connectivity index (χ2v) is 5.79. The van der Waals surface area contributed by atoms with Crippen LogP contribution in [0.25, 0.3) is 16.9 Å². The molecule has 0 spiro atoms. The number of nitrogens with zero attached hydrogens (tertiary/aromatic N) is 3. The summed E-state index contributed by atoms with van der Waals surface area (Å²) in [6.45, 7) is 6.33. The first-order valence-corrected chi connectivity index (χ1v) is 6.50. The van der Waals surface area contributed by atoms with Gasteiger partial charge >= 0.3 is 0 Å². The van der Waals surface area contributed by atoms with Crippen LogP contribution in [0.15, 0.2) is 41.5 Å². The van der Waals surface area contributed by atoms with Crippen LogP contribution >= 0.6 is 0 Å². The molecule has 1 N–H and O–H groups in total. The number of nitrogens with one attached hydrogen (secondary N) is 1. The fourth-order valence-electron chi connectivity index (χ4n) is 2.26. The van der Waals surface area contributed by atoms with Crippen LogP contribution in [-0.4, -0.2) is 19.7 Å². The first-order valence-electron chi connectivity index (χ1n) is 6.50. The molecule has 0 saturated carbocycles. The molecule has 0 unspecified atom stereocenters. The molecule has 0 radical (unpaired) electrons. The third-order valence-electron chi connectivity index (χ3n) is 3.25. The van der Waals surface area contributed by atoms with E-state index in [1.165, 1.54) is 0 Å². The van der Waals surface area contributed by atoms with Crippen LogP contribution in [0.2, 0.25) is 0 Å². The third-order valence-corrected chi connectivity index (χ3v) is 3.25. The molecule has 3 aromatic rings. The Labute approximate surface area is 116 Å². The minimum Gasteiger partial charge on any atom is -0.290 e. The fourth-order valence-corrected chi connectivity index (χ4v) is 2.26. The van der Waals surface area contributed by atoms with Gasteiger partial charge in [0.2, 0.25) is 5.95 Å². The summed E-state index contributed by atoms with van der Waals surface area (Å²) in [5, 5.41) is 4.72. The van der Waals surface area contributed by atoms with Crippen LogP contribution in [0.3, 0.4) is 0 Å². The summed E-state index contributed by atoms with van der Waals surface area (Å²) in [7, 11) is 0. The van der Waals surface area contributed by atoms with E-state index in [0.29, 0.717) is 11.3 Å². The number of fused-ring (bicyclic) bond motifs is 1. The minimum absolute atomic E-state index is 0.0817. The van der Waals surface area contributed by atoms with Crippen molar-refractivity contribution < 1.29 is 0 Å². The Morgan fingerprint density at radius 2 is 2.00 bits per heavy atom. The van der Waals surface area contributed by atoms with Crippen LogP contribution in [0.5, 0.6) is 0 Å². The van der Waals surface area contributed by atoms with E-state index in [-0.39, 0.29) is 11.0 Å². The summed E-state index contributed by atoms with van der Waals surface area (Å²) in [6, 6.07) is 7.50. The predicted octanol–water partition coefficient (Wildman–Crippen LogP) is 2.41. The van der Waals surface area contributed by atoms with E-state index in [9.17, 15) is 4.79 Å². The van der Waals surface area contributed by atoms with Gasteiger partial charge in [-0.05, 0) is 23.1 Å². The van der Waals surface area contributed by atoms with Crippen molar-refractivity contribution >= 4 is 10.9 Å². The van der Waals surface area contributed by atoms with E-state index < -0.39 is 0 Å². The molecule has 0 aliphatic rings. The van der Waals surface area contributed by atoms with E-state index in [4.69, 9.17) is 0 Å². The van der Waals surface area contributed by atoms with Crippen molar-refractivity contribution in [3.05, 3.63) is 52.6 Å². The van der Waals surface area contributed by atoms with Gasteiger partial charge in [-0.25, -0.2) is 9.67 Å². The average molecular weight is 268 g/mol. The van der Waals surface area contributed by atoms with Crippen molar-refractivity contribution in [3.63, 3.8) is 0 Å². The molecule has 0 fully saturated rings. The Bertz CT molecular complexity index is 810. The molecule has 0 amide bonds. The van der Waals surface area contributed by atoms with Crippen LogP contribution in [0.1, 0.15) is 26.3 Å². The van der Waals surface area contributed by atoms with Crippen LogP contribution in [-0.2, 0) is 5.41 Å². The number of H-pyrrole nitrogens is 1. The van der Waals surface area contributed by atoms with E-state index >= 15 is 0 Å². The standard InChI is InChI=1S/C15H16N4O/c1-15(2,3)11-7-4-6-10-12(11)17-14(18-13(10)20)19-9-5-8-16-19/h4-9H,1-3H3,(H,17,18,20). The maximum Gasteiger partial charge on any atom is 0.260 e. The normalized spacial score (nSPS) is 11.9. The molecular formula is C15H16N4O. The molecule has 0 aliphatic carbocycles. The van der Waals surface area contributed by atoms with Crippen molar-refractivity contribution in [2.75, 3.05) is 0 Å². The van der Waals surface area contributed by atoms with Gasteiger partial charge < -0.3 is 0 Å². The lowest BCUT2D eigenvalue weighted by Gasteiger charge is -2.20. The number of aromatic nitrogens is 4. The second-order valence-electron chi connectivity index (χ2n) is 5.79. The molecule has 2 heterocycles. The molecule has 2 aromatic heterocycles. The molecule has 5 nitrogen and oxygen atoms in total. The maximum absolute atomic E-state index is 12.2. The lowest BCUT2D eigenvalue weighted by molar-refractivity contribution is 0.594. The third kappa shape index (κ3) is 2.01. The number of hydrogen-bond acceptors (Lipinski definition) is 3.